The molecule has 0 radical (unpaired) electrons. The number of aromatic nitrogens is 1. The van der Waals surface area contributed by atoms with Crippen molar-refractivity contribution in [3.8, 4) is 5.88 Å². The molecule has 4 nitrogen and oxygen atoms in total. The molecule has 0 saturated heterocycles. The molecule has 1 heterocycles. The molecule has 5 heteroatoms. The number of fused-ring (bicyclic) bond motifs is 1. The Bertz CT molecular complexity index is 805. The molecule has 0 aliphatic rings. The average molecular weight is 344 g/mol. The van der Waals surface area contributed by atoms with E-state index in [4.69, 9.17) is 10.5 Å². The molecule has 3 rings (SSSR count). The van der Waals surface area contributed by atoms with Gasteiger partial charge in [-0.25, -0.2) is 0 Å². The first-order valence-electron chi connectivity index (χ1n) is 6.42. The normalized spacial score (nSPS) is 10.6. The number of hydrogen-bond acceptors (Lipinski definition) is 4. The molecule has 1 aromatic heterocycles. The summed E-state index contributed by atoms with van der Waals surface area (Å²) in [4.78, 5) is 4.31. The maximum Gasteiger partial charge on any atom is 0.215 e. The summed E-state index contributed by atoms with van der Waals surface area (Å²) in [6.45, 7) is 0. The molecule has 0 bridgehead atoms. The van der Waals surface area contributed by atoms with E-state index in [0.717, 1.165) is 15.5 Å². The smallest absolute Gasteiger partial charge is 0.215 e. The zero-order valence-corrected chi connectivity index (χ0v) is 13.0. The summed E-state index contributed by atoms with van der Waals surface area (Å²) in [6.07, 6.45) is 0. The van der Waals surface area contributed by atoms with Crippen molar-refractivity contribution in [2.45, 2.75) is 0 Å². The van der Waals surface area contributed by atoms with Gasteiger partial charge in [0.15, 0.2) is 5.82 Å². The number of ether oxygens (including phenoxy) is 1. The zero-order chi connectivity index (χ0) is 14.8. The van der Waals surface area contributed by atoms with Crippen LogP contribution in [0.1, 0.15) is 0 Å². The summed E-state index contributed by atoms with van der Waals surface area (Å²) in [5.74, 6) is 1.11. The summed E-state index contributed by atoms with van der Waals surface area (Å²) in [7, 11) is 1.58. The lowest BCUT2D eigenvalue weighted by atomic mass is 10.1. The number of nitrogens with zero attached hydrogens (tertiary/aromatic N) is 1. The first-order chi connectivity index (χ1) is 10.2. The first kappa shape index (κ1) is 13.7. The lowest BCUT2D eigenvalue weighted by Crippen LogP contribution is -2.00. The van der Waals surface area contributed by atoms with Crippen LogP contribution in [-0.4, -0.2) is 12.1 Å². The number of nitrogens with two attached hydrogens (primary N) is 1. The summed E-state index contributed by atoms with van der Waals surface area (Å²) in [5.41, 5.74) is 7.44. The van der Waals surface area contributed by atoms with E-state index in [-0.39, 0.29) is 0 Å². The number of pyridine rings is 1. The minimum atomic E-state index is 0.524. The van der Waals surface area contributed by atoms with Gasteiger partial charge in [0.2, 0.25) is 5.88 Å². The predicted octanol–water partition coefficient (Wildman–Crippen LogP) is 4.33. The Morgan fingerprint density at radius 2 is 1.81 bits per heavy atom. The molecule has 0 unspecified atom stereocenters. The second-order valence-corrected chi connectivity index (χ2v) is 5.54. The Balaban J connectivity index is 1.96. The van der Waals surface area contributed by atoms with E-state index in [1.807, 2.05) is 12.1 Å². The molecule has 0 saturated carbocycles. The van der Waals surface area contributed by atoms with E-state index in [0.29, 0.717) is 17.4 Å². The largest absolute Gasteiger partial charge is 0.481 e. The van der Waals surface area contributed by atoms with Crippen LogP contribution in [0.3, 0.4) is 0 Å². The molecular formula is C16H14BrN3O. The topological polar surface area (TPSA) is 60.2 Å². The van der Waals surface area contributed by atoms with Gasteiger partial charge in [0, 0.05) is 16.2 Å². The highest BCUT2D eigenvalue weighted by molar-refractivity contribution is 9.10. The fourth-order valence-electron chi connectivity index (χ4n) is 2.10. The molecule has 0 aliphatic carbocycles. The fraction of sp³-hybridized carbons (Fsp3) is 0.0625. The highest BCUT2D eigenvalue weighted by atomic mass is 79.9. The van der Waals surface area contributed by atoms with Gasteiger partial charge < -0.3 is 15.8 Å². The van der Waals surface area contributed by atoms with Crippen LogP contribution in [0.4, 0.5) is 17.2 Å². The molecule has 0 amide bonds. The monoisotopic (exact) mass is 343 g/mol. The van der Waals surface area contributed by atoms with Crippen LogP contribution < -0.4 is 15.8 Å². The van der Waals surface area contributed by atoms with E-state index < -0.39 is 0 Å². The Morgan fingerprint density at radius 1 is 1.05 bits per heavy atom. The van der Waals surface area contributed by atoms with E-state index in [1.165, 1.54) is 5.39 Å². The van der Waals surface area contributed by atoms with Crippen LogP contribution in [0.2, 0.25) is 0 Å². The van der Waals surface area contributed by atoms with Crippen LogP contribution >= 0.6 is 15.9 Å². The van der Waals surface area contributed by atoms with Gasteiger partial charge in [-0.15, -0.1) is 0 Å². The van der Waals surface area contributed by atoms with Crippen molar-refractivity contribution in [3.05, 3.63) is 53.0 Å². The summed E-state index contributed by atoms with van der Waals surface area (Å²) < 4.78 is 6.18. The summed E-state index contributed by atoms with van der Waals surface area (Å²) in [5, 5.41) is 5.54. The molecular weight excluding hydrogens is 330 g/mol. The Morgan fingerprint density at radius 3 is 2.62 bits per heavy atom. The second kappa shape index (κ2) is 5.61. The van der Waals surface area contributed by atoms with Gasteiger partial charge in [0.25, 0.3) is 0 Å². The van der Waals surface area contributed by atoms with Crippen molar-refractivity contribution >= 4 is 43.9 Å². The molecule has 3 N–H and O–H groups in total. The van der Waals surface area contributed by atoms with Crippen molar-refractivity contribution in [1.29, 1.82) is 0 Å². The van der Waals surface area contributed by atoms with Crippen LogP contribution in [-0.2, 0) is 0 Å². The van der Waals surface area contributed by atoms with Gasteiger partial charge in [-0.05, 0) is 41.1 Å². The van der Waals surface area contributed by atoms with E-state index in [1.54, 1.807) is 19.2 Å². The number of nitrogens with one attached hydrogen (secondary N) is 1. The van der Waals surface area contributed by atoms with Crippen molar-refractivity contribution < 1.29 is 4.74 Å². The lowest BCUT2D eigenvalue weighted by molar-refractivity contribution is 0.398. The predicted molar refractivity (Wildman–Crippen MR) is 90.1 cm³/mol. The SMILES string of the molecule is COc1ccc(N)c(Nc2ccc3cc(Br)ccc3c2)n1. The highest BCUT2D eigenvalue weighted by Crippen LogP contribution is 2.27. The number of rotatable bonds is 3. The van der Waals surface area contributed by atoms with Crippen LogP contribution in [0.5, 0.6) is 5.88 Å². The summed E-state index contributed by atoms with van der Waals surface area (Å²) in [6, 6.07) is 15.8. The third-order valence-electron chi connectivity index (χ3n) is 3.18. The van der Waals surface area contributed by atoms with E-state index in [9.17, 15) is 0 Å². The van der Waals surface area contributed by atoms with Gasteiger partial charge in [0.1, 0.15) is 0 Å². The van der Waals surface area contributed by atoms with Crippen molar-refractivity contribution in [3.63, 3.8) is 0 Å². The van der Waals surface area contributed by atoms with Crippen molar-refractivity contribution in [2.24, 2.45) is 0 Å². The minimum Gasteiger partial charge on any atom is -0.481 e. The third-order valence-corrected chi connectivity index (χ3v) is 3.67. The Kier molecular flexibility index (Phi) is 3.66. The number of anilines is 3. The van der Waals surface area contributed by atoms with Gasteiger partial charge in [0.05, 0.1) is 12.8 Å². The fourth-order valence-corrected chi connectivity index (χ4v) is 2.48. The molecule has 106 valence electrons. The number of halogens is 1. The molecule has 3 aromatic rings. The standard InChI is InChI=1S/C16H14BrN3O/c1-21-15-7-6-14(18)16(20-15)19-13-5-3-10-8-12(17)4-2-11(10)9-13/h2-9H,18H2,1H3,(H,19,20). The molecule has 2 aromatic carbocycles. The number of nitrogen functional groups attached to an aromatic ring is 1. The minimum absolute atomic E-state index is 0.524. The van der Waals surface area contributed by atoms with Crippen LogP contribution in [0.15, 0.2) is 53.0 Å². The molecule has 0 aliphatic heterocycles. The maximum absolute atomic E-state index is 5.94. The van der Waals surface area contributed by atoms with E-state index in [2.05, 4.69) is 50.5 Å². The highest BCUT2D eigenvalue weighted by Gasteiger charge is 2.05. The second-order valence-electron chi connectivity index (χ2n) is 4.62. The molecule has 0 atom stereocenters. The number of benzene rings is 2. The molecule has 21 heavy (non-hydrogen) atoms. The first-order valence-corrected chi connectivity index (χ1v) is 7.22. The summed E-state index contributed by atoms with van der Waals surface area (Å²) >= 11 is 3.47. The van der Waals surface area contributed by atoms with Gasteiger partial charge >= 0.3 is 0 Å². The zero-order valence-electron chi connectivity index (χ0n) is 11.4. The molecule has 0 spiro atoms. The lowest BCUT2D eigenvalue weighted by Gasteiger charge is -2.10. The van der Waals surface area contributed by atoms with Gasteiger partial charge in [-0.2, -0.15) is 4.98 Å². The van der Waals surface area contributed by atoms with Gasteiger partial charge in [-0.1, -0.05) is 28.1 Å². The van der Waals surface area contributed by atoms with Crippen molar-refractivity contribution in [2.75, 3.05) is 18.2 Å². The third kappa shape index (κ3) is 2.92. The maximum atomic E-state index is 5.94. The number of hydrogen-bond donors (Lipinski definition) is 2. The molecule has 0 fully saturated rings. The van der Waals surface area contributed by atoms with Gasteiger partial charge in [-0.3, -0.25) is 0 Å². The quantitative estimate of drug-likeness (QED) is 0.742. The number of methoxy groups -OCH3 is 1. The Labute approximate surface area is 131 Å². The van der Waals surface area contributed by atoms with Crippen LogP contribution in [0.25, 0.3) is 10.8 Å². The van der Waals surface area contributed by atoms with E-state index >= 15 is 0 Å². The Hall–Kier alpha value is -2.27. The average Bonchev–Trinajstić information content (AvgIpc) is 2.49. The van der Waals surface area contributed by atoms with Crippen molar-refractivity contribution in [1.82, 2.24) is 4.98 Å². The van der Waals surface area contributed by atoms with Crippen LogP contribution in [0, 0.1) is 0 Å².